The highest BCUT2D eigenvalue weighted by Gasteiger charge is 2.19. The summed E-state index contributed by atoms with van der Waals surface area (Å²) in [7, 11) is 0. The quantitative estimate of drug-likeness (QED) is 0.861. The SMILES string of the molecule is CCNC(C)c1nnnn1-c1cc(F)c(F)cc1F. The van der Waals surface area contributed by atoms with Crippen molar-refractivity contribution in [3.63, 3.8) is 0 Å². The number of nitrogens with one attached hydrogen (secondary N) is 1. The molecule has 1 unspecified atom stereocenters. The maximum Gasteiger partial charge on any atom is 0.173 e. The van der Waals surface area contributed by atoms with Gasteiger partial charge in [0.25, 0.3) is 0 Å². The van der Waals surface area contributed by atoms with Crippen molar-refractivity contribution in [1.82, 2.24) is 25.5 Å². The Balaban J connectivity index is 2.48. The molecule has 0 saturated heterocycles. The maximum atomic E-state index is 13.7. The van der Waals surface area contributed by atoms with Crippen LogP contribution < -0.4 is 5.32 Å². The summed E-state index contributed by atoms with van der Waals surface area (Å²) < 4.78 is 40.8. The van der Waals surface area contributed by atoms with Gasteiger partial charge in [-0.25, -0.2) is 13.2 Å². The van der Waals surface area contributed by atoms with E-state index in [1.54, 1.807) is 6.92 Å². The molecule has 0 radical (unpaired) electrons. The van der Waals surface area contributed by atoms with Crippen LogP contribution in [0.3, 0.4) is 0 Å². The lowest BCUT2D eigenvalue weighted by atomic mass is 10.2. The van der Waals surface area contributed by atoms with Gasteiger partial charge in [-0.15, -0.1) is 5.10 Å². The third-order valence-electron chi connectivity index (χ3n) is 2.61. The Bertz CT molecular complexity index is 584. The highest BCUT2D eigenvalue weighted by atomic mass is 19.2. The Labute approximate surface area is 107 Å². The minimum Gasteiger partial charge on any atom is -0.308 e. The molecule has 2 aromatic rings. The molecule has 5 nitrogen and oxygen atoms in total. The van der Waals surface area contributed by atoms with Crippen LogP contribution in [0.2, 0.25) is 0 Å². The van der Waals surface area contributed by atoms with Crippen molar-refractivity contribution in [2.75, 3.05) is 6.54 Å². The highest BCUT2D eigenvalue weighted by Crippen LogP contribution is 2.20. The fraction of sp³-hybridized carbons (Fsp3) is 0.364. The van der Waals surface area contributed by atoms with E-state index in [4.69, 9.17) is 0 Å². The maximum absolute atomic E-state index is 13.7. The van der Waals surface area contributed by atoms with Crippen LogP contribution in [0.15, 0.2) is 12.1 Å². The summed E-state index contributed by atoms with van der Waals surface area (Å²) in [5.74, 6) is -3.03. The molecule has 19 heavy (non-hydrogen) atoms. The van der Waals surface area contributed by atoms with E-state index in [1.165, 1.54) is 0 Å². The van der Waals surface area contributed by atoms with E-state index >= 15 is 0 Å². The van der Waals surface area contributed by atoms with Crippen LogP contribution in [-0.2, 0) is 0 Å². The van der Waals surface area contributed by atoms with Gasteiger partial charge in [0.1, 0.15) is 5.69 Å². The largest absolute Gasteiger partial charge is 0.308 e. The number of halogens is 3. The van der Waals surface area contributed by atoms with Crippen molar-refractivity contribution >= 4 is 0 Å². The molecule has 0 aliphatic rings. The fourth-order valence-electron chi connectivity index (χ4n) is 1.71. The van der Waals surface area contributed by atoms with Crippen molar-refractivity contribution in [3.05, 3.63) is 35.4 Å². The second-order valence-electron chi connectivity index (χ2n) is 3.95. The molecule has 0 amide bonds. The zero-order valence-electron chi connectivity index (χ0n) is 10.4. The molecule has 1 aromatic carbocycles. The second-order valence-corrected chi connectivity index (χ2v) is 3.95. The third kappa shape index (κ3) is 2.58. The second kappa shape index (κ2) is 5.35. The van der Waals surface area contributed by atoms with Crippen molar-refractivity contribution in [2.45, 2.75) is 19.9 Å². The molecule has 1 N–H and O–H groups in total. The van der Waals surface area contributed by atoms with E-state index in [0.717, 1.165) is 10.7 Å². The number of benzene rings is 1. The van der Waals surface area contributed by atoms with Gasteiger partial charge in [0.15, 0.2) is 23.3 Å². The van der Waals surface area contributed by atoms with Crippen molar-refractivity contribution < 1.29 is 13.2 Å². The molecule has 0 aliphatic carbocycles. The van der Waals surface area contributed by atoms with Crippen LogP contribution in [0.4, 0.5) is 13.2 Å². The predicted molar refractivity (Wildman–Crippen MR) is 61.1 cm³/mol. The predicted octanol–water partition coefficient (Wildman–Crippen LogP) is 1.75. The van der Waals surface area contributed by atoms with Gasteiger partial charge in [0.2, 0.25) is 0 Å². The average Bonchev–Trinajstić information content (AvgIpc) is 2.83. The van der Waals surface area contributed by atoms with Gasteiger partial charge in [0.05, 0.1) is 6.04 Å². The van der Waals surface area contributed by atoms with Gasteiger partial charge in [-0.1, -0.05) is 6.92 Å². The molecule has 0 spiro atoms. The Hall–Kier alpha value is -1.96. The summed E-state index contributed by atoms with van der Waals surface area (Å²) in [5, 5.41) is 13.9. The van der Waals surface area contributed by atoms with E-state index in [9.17, 15) is 13.2 Å². The summed E-state index contributed by atoms with van der Waals surface area (Å²) in [6.45, 7) is 4.33. The van der Waals surface area contributed by atoms with Gasteiger partial charge < -0.3 is 5.32 Å². The monoisotopic (exact) mass is 271 g/mol. The van der Waals surface area contributed by atoms with Crippen molar-refractivity contribution in [1.29, 1.82) is 0 Å². The lowest BCUT2D eigenvalue weighted by molar-refractivity contribution is 0.487. The Morgan fingerprint density at radius 1 is 1.21 bits per heavy atom. The highest BCUT2D eigenvalue weighted by molar-refractivity contribution is 5.34. The molecule has 102 valence electrons. The smallest absolute Gasteiger partial charge is 0.173 e. The van der Waals surface area contributed by atoms with Crippen LogP contribution >= 0.6 is 0 Å². The lowest BCUT2D eigenvalue weighted by Crippen LogP contribution is -2.22. The third-order valence-corrected chi connectivity index (χ3v) is 2.61. The van der Waals surface area contributed by atoms with Crippen LogP contribution in [-0.4, -0.2) is 26.8 Å². The van der Waals surface area contributed by atoms with Crippen LogP contribution in [0.1, 0.15) is 25.7 Å². The zero-order chi connectivity index (χ0) is 14.0. The number of nitrogens with zero attached hydrogens (tertiary/aromatic N) is 4. The number of hydrogen-bond acceptors (Lipinski definition) is 4. The number of aromatic nitrogens is 4. The molecule has 1 aromatic heterocycles. The first-order chi connectivity index (χ1) is 9.04. The molecule has 0 aliphatic heterocycles. The first-order valence-corrected chi connectivity index (χ1v) is 5.71. The van der Waals surface area contributed by atoms with Crippen molar-refractivity contribution in [2.24, 2.45) is 0 Å². The zero-order valence-corrected chi connectivity index (χ0v) is 10.4. The van der Waals surface area contributed by atoms with Gasteiger partial charge >= 0.3 is 0 Å². The first kappa shape index (κ1) is 13.5. The topological polar surface area (TPSA) is 55.6 Å². The summed E-state index contributed by atoms with van der Waals surface area (Å²) >= 11 is 0. The Morgan fingerprint density at radius 3 is 2.58 bits per heavy atom. The van der Waals surface area contributed by atoms with E-state index in [1.807, 2.05) is 6.92 Å². The summed E-state index contributed by atoms with van der Waals surface area (Å²) in [6.07, 6.45) is 0. The van der Waals surface area contributed by atoms with Crippen LogP contribution in [0.25, 0.3) is 5.69 Å². The molecule has 1 atom stereocenters. The van der Waals surface area contributed by atoms with E-state index < -0.39 is 17.5 Å². The first-order valence-electron chi connectivity index (χ1n) is 5.71. The summed E-state index contributed by atoms with van der Waals surface area (Å²) in [5.41, 5.74) is -0.233. The minimum absolute atomic E-state index is 0.233. The fourth-order valence-corrected chi connectivity index (χ4v) is 1.71. The van der Waals surface area contributed by atoms with E-state index in [2.05, 4.69) is 20.8 Å². The lowest BCUT2D eigenvalue weighted by Gasteiger charge is -2.12. The van der Waals surface area contributed by atoms with E-state index in [-0.39, 0.29) is 11.7 Å². The number of rotatable bonds is 4. The standard InChI is InChI=1S/C11H12F3N5/c1-3-15-6(2)11-16-17-18-19(11)10-5-8(13)7(12)4-9(10)14/h4-6,15H,3H2,1-2H3. The van der Waals surface area contributed by atoms with Crippen molar-refractivity contribution in [3.8, 4) is 5.69 Å². The summed E-state index contributed by atoms with van der Waals surface area (Å²) in [6, 6.07) is 0.935. The average molecular weight is 271 g/mol. The number of tetrazole rings is 1. The molecular weight excluding hydrogens is 259 g/mol. The van der Waals surface area contributed by atoms with Crippen LogP contribution in [0.5, 0.6) is 0 Å². The molecule has 0 saturated carbocycles. The number of hydrogen-bond donors (Lipinski definition) is 1. The molecule has 0 fully saturated rings. The van der Waals surface area contributed by atoms with E-state index in [0.29, 0.717) is 18.4 Å². The molecule has 2 rings (SSSR count). The van der Waals surface area contributed by atoms with Gasteiger partial charge in [-0.05, 0) is 23.9 Å². The molecule has 0 bridgehead atoms. The van der Waals surface area contributed by atoms with Gasteiger partial charge in [-0.3, -0.25) is 0 Å². The minimum atomic E-state index is -1.25. The van der Waals surface area contributed by atoms with Gasteiger partial charge in [0, 0.05) is 12.1 Å². The molecule has 1 heterocycles. The summed E-state index contributed by atoms with van der Waals surface area (Å²) in [4.78, 5) is 0. The molecule has 8 heteroatoms. The molecular formula is C11H12F3N5. The Morgan fingerprint density at radius 2 is 1.89 bits per heavy atom. The Kier molecular flexibility index (Phi) is 3.79. The normalized spacial score (nSPS) is 12.7. The van der Waals surface area contributed by atoms with Gasteiger partial charge in [-0.2, -0.15) is 4.68 Å². The van der Waals surface area contributed by atoms with Crippen LogP contribution in [0, 0.1) is 17.5 Å².